The maximum absolute atomic E-state index is 12.5. The second-order valence-electron chi connectivity index (χ2n) is 8.17. The normalized spacial score (nSPS) is 11.2. The van der Waals surface area contributed by atoms with Gasteiger partial charge in [-0.25, -0.2) is 0 Å². The molecule has 0 bridgehead atoms. The molecule has 2 heterocycles. The molecule has 0 atom stereocenters. The minimum atomic E-state index is -0.350. The third-order valence-corrected chi connectivity index (χ3v) is 5.95. The van der Waals surface area contributed by atoms with Crippen LogP contribution in [0.3, 0.4) is 0 Å². The Bertz CT molecular complexity index is 1560. The first kappa shape index (κ1) is 23.2. The molecule has 5 rings (SSSR count). The average Bonchev–Trinajstić information content (AvgIpc) is 3.53. The largest absolute Gasteiger partial charge is 0.457 e. The molecular formula is C29H21ClN2O4. The Kier molecular flexibility index (Phi) is 6.43. The van der Waals surface area contributed by atoms with E-state index in [1.807, 2.05) is 55.5 Å². The molecule has 0 unspecified atom stereocenters. The molecule has 178 valence electrons. The number of benzene rings is 3. The fraction of sp³-hybridized carbons (Fsp3) is 0.0345. The predicted octanol–water partition coefficient (Wildman–Crippen LogP) is 7.56. The maximum Gasteiger partial charge on any atom is 0.291 e. The van der Waals surface area contributed by atoms with Gasteiger partial charge >= 0.3 is 0 Å². The van der Waals surface area contributed by atoms with E-state index in [-0.39, 0.29) is 17.6 Å². The van der Waals surface area contributed by atoms with Gasteiger partial charge in [-0.3, -0.25) is 9.59 Å². The second kappa shape index (κ2) is 9.98. The molecule has 0 saturated heterocycles. The van der Waals surface area contributed by atoms with Crippen LogP contribution < -0.4 is 10.6 Å². The highest BCUT2D eigenvalue weighted by molar-refractivity contribution is 6.31. The van der Waals surface area contributed by atoms with Gasteiger partial charge in [0, 0.05) is 33.4 Å². The molecule has 0 radical (unpaired) electrons. The van der Waals surface area contributed by atoms with Crippen LogP contribution in [0.2, 0.25) is 5.02 Å². The van der Waals surface area contributed by atoms with Crippen LogP contribution in [-0.4, -0.2) is 11.8 Å². The van der Waals surface area contributed by atoms with Crippen molar-refractivity contribution in [2.45, 2.75) is 6.92 Å². The Morgan fingerprint density at radius 2 is 1.58 bits per heavy atom. The van der Waals surface area contributed by atoms with Crippen molar-refractivity contribution in [1.82, 2.24) is 0 Å². The summed E-state index contributed by atoms with van der Waals surface area (Å²) in [6.07, 6.45) is 2.98. The van der Waals surface area contributed by atoms with Crippen molar-refractivity contribution in [3.8, 4) is 11.3 Å². The highest BCUT2D eigenvalue weighted by Gasteiger charge is 2.12. The summed E-state index contributed by atoms with van der Waals surface area (Å²) in [5.41, 5.74) is 3.67. The standard InChI is InChI=1S/C29H21ClN2O4/c1-18-6-7-20(16-24(18)30)26-14-12-23(35-26)13-15-28(33)31-21-8-10-22(11-9-21)32-29(34)27-17-19-4-2-3-5-25(19)36-27/h2-17H,1H3,(H,31,33)(H,32,34). The molecule has 0 aliphatic heterocycles. The Morgan fingerprint density at radius 3 is 2.33 bits per heavy atom. The number of hydrogen-bond donors (Lipinski definition) is 2. The van der Waals surface area contributed by atoms with E-state index < -0.39 is 0 Å². The van der Waals surface area contributed by atoms with Crippen molar-refractivity contribution >= 4 is 51.8 Å². The van der Waals surface area contributed by atoms with Crippen molar-refractivity contribution < 1.29 is 18.4 Å². The summed E-state index contributed by atoms with van der Waals surface area (Å²) in [6, 6.07) is 25.2. The zero-order valence-electron chi connectivity index (χ0n) is 19.2. The first-order valence-electron chi connectivity index (χ1n) is 11.2. The monoisotopic (exact) mass is 496 g/mol. The Morgan fingerprint density at radius 1 is 0.833 bits per heavy atom. The van der Waals surface area contributed by atoms with Crippen LogP contribution in [0.5, 0.6) is 0 Å². The van der Waals surface area contributed by atoms with Gasteiger partial charge in [0.25, 0.3) is 5.91 Å². The molecule has 0 saturated carbocycles. The van der Waals surface area contributed by atoms with Gasteiger partial charge in [0.1, 0.15) is 17.1 Å². The topological polar surface area (TPSA) is 84.5 Å². The van der Waals surface area contributed by atoms with Gasteiger partial charge in [0.2, 0.25) is 5.91 Å². The summed E-state index contributed by atoms with van der Waals surface area (Å²) >= 11 is 6.19. The Hall–Kier alpha value is -4.55. The van der Waals surface area contributed by atoms with Crippen LogP contribution in [0.1, 0.15) is 21.9 Å². The summed E-state index contributed by atoms with van der Waals surface area (Å²) in [7, 11) is 0. The quantitative estimate of drug-likeness (QED) is 0.237. The number of amides is 2. The lowest BCUT2D eigenvalue weighted by Gasteiger charge is -2.06. The molecule has 2 N–H and O–H groups in total. The molecule has 0 spiro atoms. The molecule has 2 aromatic heterocycles. The van der Waals surface area contributed by atoms with Crippen molar-refractivity contribution in [3.63, 3.8) is 0 Å². The number of carbonyl (C=O) groups is 2. The van der Waals surface area contributed by atoms with Crippen molar-refractivity contribution in [1.29, 1.82) is 0 Å². The summed E-state index contributed by atoms with van der Waals surface area (Å²) < 4.78 is 11.4. The van der Waals surface area contributed by atoms with Gasteiger partial charge in [-0.2, -0.15) is 0 Å². The molecule has 0 aliphatic carbocycles. The van der Waals surface area contributed by atoms with Crippen molar-refractivity contribution in [2.24, 2.45) is 0 Å². The molecule has 6 nitrogen and oxygen atoms in total. The number of hydrogen-bond acceptors (Lipinski definition) is 4. The number of rotatable bonds is 6. The van der Waals surface area contributed by atoms with E-state index in [4.69, 9.17) is 20.4 Å². The number of fused-ring (bicyclic) bond motifs is 1. The number of nitrogens with one attached hydrogen (secondary N) is 2. The summed E-state index contributed by atoms with van der Waals surface area (Å²) in [4.78, 5) is 24.8. The number of furan rings is 2. The lowest BCUT2D eigenvalue weighted by atomic mass is 10.1. The lowest BCUT2D eigenvalue weighted by molar-refractivity contribution is -0.111. The second-order valence-corrected chi connectivity index (χ2v) is 8.58. The lowest BCUT2D eigenvalue weighted by Crippen LogP contribution is -2.11. The molecule has 2 amide bonds. The number of halogens is 1. The number of para-hydroxylation sites is 1. The van der Waals surface area contributed by atoms with E-state index >= 15 is 0 Å². The maximum atomic E-state index is 12.5. The third-order valence-electron chi connectivity index (χ3n) is 5.54. The molecular weight excluding hydrogens is 476 g/mol. The van der Waals surface area contributed by atoms with Crippen LogP contribution in [-0.2, 0) is 4.79 Å². The summed E-state index contributed by atoms with van der Waals surface area (Å²) in [5, 5.41) is 7.09. The van der Waals surface area contributed by atoms with Gasteiger partial charge in [0.05, 0.1) is 0 Å². The van der Waals surface area contributed by atoms with Crippen LogP contribution in [0.4, 0.5) is 11.4 Å². The van der Waals surface area contributed by atoms with Crippen LogP contribution in [0, 0.1) is 6.92 Å². The molecule has 36 heavy (non-hydrogen) atoms. The third kappa shape index (κ3) is 5.24. The van der Waals surface area contributed by atoms with E-state index in [0.29, 0.717) is 33.5 Å². The molecule has 0 aliphatic rings. The minimum absolute atomic E-state index is 0.227. The van der Waals surface area contributed by atoms with Gasteiger partial charge in [-0.05, 0) is 73.2 Å². The fourth-order valence-electron chi connectivity index (χ4n) is 3.61. The zero-order valence-corrected chi connectivity index (χ0v) is 20.0. The molecule has 3 aromatic carbocycles. The van der Waals surface area contributed by atoms with Gasteiger partial charge in [0.15, 0.2) is 5.76 Å². The van der Waals surface area contributed by atoms with Crippen LogP contribution >= 0.6 is 11.6 Å². The highest BCUT2D eigenvalue weighted by atomic mass is 35.5. The number of carbonyl (C=O) groups excluding carboxylic acids is 2. The first-order valence-corrected chi connectivity index (χ1v) is 11.6. The summed E-state index contributed by atoms with van der Waals surface area (Å²) in [5.74, 6) is 0.769. The van der Waals surface area contributed by atoms with Gasteiger partial charge < -0.3 is 19.5 Å². The zero-order chi connectivity index (χ0) is 25.1. The molecule has 5 aromatic rings. The fourth-order valence-corrected chi connectivity index (χ4v) is 3.79. The van der Waals surface area contributed by atoms with Crippen LogP contribution in [0.15, 0.2) is 99.8 Å². The summed E-state index contributed by atoms with van der Waals surface area (Å²) in [6.45, 7) is 1.94. The number of anilines is 2. The minimum Gasteiger partial charge on any atom is -0.457 e. The first-order chi connectivity index (χ1) is 17.4. The van der Waals surface area contributed by atoms with E-state index in [0.717, 1.165) is 16.5 Å². The average molecular weight is 497 g/mol. The highest BCUT2D eigenvalue weighted by Crippen LogP contribution is 2.27. The Balaban J connectivity index is 1.17. The van der Waals surface area contributed by atoms with E-state index in [2.05, 4.69) is 10.6 Å². The van der Waals surface area contributed by atoms with Gasteiger partial charge in [-0.1, -0.05) is 41.9 Å². The number of aryl methyl sites for hydroxylation is 1. The Labute approximate surface area is 212 Å². The van der Waals surface area contributed by atoms with E-state index in [9.17, 15) is 9.59 Å². The molecule has 7 heteroatoms. The molecule has 0 fully saturated rings. The predicted molar refractivity (Wildman–Crippen MR) is 142 cm³/mol. The van der Waals surface area contributed by atoms with E-state index in [1.54, 1.807) is 42.5 Å². The SMILES string of the molecule is Cc1ccc(-c2ccc(C=CC(=O)Nc3ccc(NC(=O)c4cc5ccccc5o4)cc3)o2)cc1Cl. The van der Waals surface area contributed by atoms with E-state index in [1.165, 1.54) is 6.08 Å². The van der Waals surface area contributed by atoms with Crippen molar-refractivity contribution in [2.75, 3.05) is 10.6 Å². The smallest absolute Gasteiger partial charge is 0.291 e. The van der Waals surface area contributed by atoms with Crippen molar-refractivity contribution in [3.05, 3.63) is 113 Å². The van der Waals surface area contributed by atoms with Crippen LogP contribution in [0.25, 0.3) is 28.4 Å². The van der Waals surface area contributed by atoms with Gasteiger partial charge in [-0.15, -0.1) is 0 Å².